The Kier molecular flexibility index (Phi) is 4.00. The standard InChI is InChI=1S/C12H12F4N2O3S2/c13-9-2-1-3-17-10(9)21-8-4-11(22-5-8)6-18(7-11)23(19,20)12(14,15)16/h1-3,8H,4-7H2/t8-/m1/s1. The molecule has 2 saturated heterocycles. The lowest BCUT2D eigenvalue weighted by atomic mass is 9.95. The Labute approximate surface area is 134 Å². The Bertz CT molecular complexity index is 705. The Morgan fingerprint density at radius 2 is 2.09 bits per heavy atom. The van der Waals surface area contributed by atoms with Crippen LogP contribution in [0.5, 0.6) is 5.88 Å². The smallest absolute Gasteiger partial charge is 0.471 e. The molecule has 2 aliphatic heterocycles. The van der Waals surface area contributed by atoms with E-state index in [4.69, 9.17) is 4.74 Å². The van der Waals surface area contributed by atoms with E-state index < -0.39 is 32.2 Å². The number of sulfonamides is 1. The summed E-state index contributed by atoms with van der Waals surface area (Å²) in [5.41, 5.74) is -5.29. The summed E-state index contributed by atoms with van der Waals surface area (Å²) in [6.45, 7) is -0.436. The summed E-state index contributed by atoms with van der Waals surface area (Å²) in [4.78, 5) is 3.76. The second kappa shape index (κ2) is 5.49. The third-order valence-electron chi connectivity index (χ3n) is 3.74. The molecule has 3 rings (SSSR count). The summed E-state index contributed by atoms with van der Waals surface area (Å²) >= 11 is 1.35. The van der Waals surface area contributed by atoms with E-state index in [0.29, 0.717) is 16.5 Å². The molecule has 0 unspecified atom stereocenters. The van der Waals surface area contributed by atoms with E-state index in [-0.39, 0.29) is 19.0 Å². The maximum absolute atomic E-state index is 13.5. The minimum Gasteiger partial charge on any atom is -0.471 e. The second-order valence-corrected chi connectivity index (χ2v) is 8.86. The van der Waals surface area contributed by atoms with Crippen molar-refractivity contribution >= 4 is 21.8 Å². The molecule has 1 spiro atoms. The van der Waals surface area contributed by atoms with Crippen molar-refractivity contribution in [2.75, 3.05) is 18.8 Å². The van der Waals surface area contributed by atoms with E-state index >= 15 is 0 Å². The monoisotopic (exact) mass is 372 g/mol. The molecule has 2 aliphatic rings. The molecule has 0 N–H and O–H groups in total. The Hall–Kier alpha value is -1.07. The van der Waals surface area contributed by atoms with Crippen molar-refractivity contribution in [2.24, 2.45) is 0 Å². The van der Waals surface area contributed by atoms with Gasteiger partial charge in [0.25, 0.3) is 5.88 Å². The number of aromatic nitrogens is 1. The number of pyridine rings is 1. The normalized spacial score (nSPS) is 24.6. The summed E-state index contributed by atoms with van der Waals surface area (Å²) in [6, 6.07) is 2.61. The lowest BCUT2D eigenvalue weighted by molar-refractivity contribution is -0.0517. The topological polar surface area (TPSA) is 59.5 Å². The molecule has 3 heterocycles. The third kappa shape index (κ3) is 3.01. The van der Waals surface area contributed by atoms with Gasteiger partial charge >= 0.3 is 15.5 Å². The molecule has 1 atom stereocenters. The molecule has 128 valence electrons. The largest absolute Gasteiger partial charge is 0.511 e. The Balaban J connectivity index is 1.61. The predicted molar refractivity (Wildman–Crippen MR) is 75.0 cm³/mol. The van der Waals surface area contributed by atoms with Crippen LogP contribution in [0.3, 0.4) is 0 Å². The second-order valence-electron chi connectivity index (χ2n) is 5.45. The van der Waals surface area contributed by atoms with Gasteiger partial charge in [0, 0.05) is 36.2 Å². The summed E-state index contributed by atoms with van der Waals surface area (Å²) < 4.78 is 78.7. The molecule has 0 radical (unpaired) electrons. The molecule has 1 aromatic heterocycles. The van der Waals surface area contributed by atoms with Gasteiger partial charge in [-0.3, -0.25) is 0 Å². The molecule has 0 bridgehead atoms. The minimum absolute atomic E-state index is 0.158. The summed E-state index contributed by atoms with van der Waals surface area (Å²) in [5, 5.41) is 0. The number of alkyl halides is 3. The van der Waals surface area contributed by atoms with E-state index in [9.17, 15) is 26.0 Å². The quantitative estimate of drug-likeness (QED) is 0.760. The van der Waals surface area contributed by atoms with E-state index in [1.807, 2.05) is 0 Å². The minimum atomic E-state index is -5.29. The number of hydrogen-bond acceptors (Lipinski definition) is 5. The lowest BCUT2D eigenvalue weighted by Crippen LogP contribution is -2.62. The summed E-state index contributed by atoms with van der Waals surface area (Å²) in [5.74, 6) is -0.335. The number of hydrogen-bond donors (Lipinski definition) is 0. The number of nitrogens with zero attached hydrogens (tertiary/aromatic N) is 2. The van der Waals surface area contributed by atoms with Crippen molar-refractivity contribution < 1.29 is 30.7 Å². The van der Waals surface area contributed by atoms with Crippen LogP contribution in [0.1, 0.15) is 6.42 Å². The molecule has 11 heteroatoms. The number of rotatable bonds is 3. The molecule has 0 aromatic carbocycles. The molecule has 1 aromatic rings. The van der Waals surface area contributed by atoms with Gasteiger partial charge in [-0.15, -0.1) is 11.8 Å². The molecular weight excluding hydrogens is 360 g/mol. The Morgan fingerprint density at radius 3 is 2.70 bits per heavy atom. The zero-order valence-corrected chi connectivity index (χ0v) is 13.2. The molecule has 23 heavy (non-hydrogen) atoms. The van der Waals surface area contributed by atoms with Crippen LogP contribution >= 0.6 is 11.8 Å². The zero-order chi connectivity index (χ0) is 16.9. The Morgan fingerprint density at radius 1 is 1.39 bits per heavy atom. The van der Waals surface area contributed by atoms with Crippen molar-refractivity contribution in [3.05, 3.63) is 24.1 Å². The first kappa shape index (κ1) is 16.8. The number of halogens is 4. The highest BCUT2D eigenvalue weighted by Gasteiger charge is 2.60. The van der Waals surface area contributed by atoms with Crippen LogP contribution in [-0.2, 0) is 10.0 Å². The van der Waals surface area contributed by atoms with Gasteiger partial charge < -0.3 is 4.74 Å². The van der Waals surface area contributed by atoms with Gasteiger partial charge in [0.15, 0.2) is 5.82 Å². The maximum Gasteiger partial charge on any atom is 0.511 e. The predicted octanol–water partition coefficient (Wildman–Crippen LogP) is 2.01. The van der Waals surface area contributed by atoms with Crippen molar-refractivity contribution in [2.45, 2.75) is 22.8 Å². The molecule has 0 amide bonds. The van der Waals surface area contributed by atoms with E-state index in [1.165, 1.54) is 30.1 Å². The average molecular weight is 372 g/mol. The van der Waals surface area contributed by atoms with Gasteiger partial charge in [0.2, 0.25) is 0 Å². The SMILES string of the molecule is O=S(=O)(N1CC2(C[C@@H](Oc3ncccc3F)CS2)C1)C(F)(F)F. The summed E-state index contributed by atoms with van der Waals surface area (Å²) in [7, 11) is -5.28. The van der Waals surface area contributed by atoms with Crippen LogP contribution in [0.25, 0.3) is 0 Å². The fraction of sp³-hybridized carbons (Fsp3) is 0.583. The van der Waals surface area contributed by atoms with Crippen molar-refractivity contribution in [1.82, 2.24) is 9.29 Å². The summed E-state index contributed by atoms with van der Waals surface area (Å²) in [6.07, 6.45) is 1.30. The van der Waals surface area contributed by atoms with Crippen LogP contribution in [0.2, 0.25) is 0 Å². The van der Waals surface area contributed by atoms with Gasteiger partial charge in [0.1, 0.15) is 6.10 Å². The van der Waals surface area contributed by atoms with E-state index in [0.717, 1.165) is 0 Å². The van der Waals surface area contributed by atoms with Gasteiger partial charge in [-0.1, -0.05) is 0 Å². The maximum atomic E-state index is 13.5. The van der Waals surface area contributed by atoms with Crippen LogP contribution in [0.15, 0.2) is 18.3 Å². The zero-order valence-electron chi connectivity index (χ0n) is 11.6. The molecular formula is C12H12F4N2O3S2. The highest BCUT2D eigenvalue weighted by atomic mass is 32.2. The molecule has 0 saturated carbocycles. The van der Waals surface area contributed by atoms with Crippen LogP contribution < -0.4 is 4.74 Å². The van der Waals surface area contributed by atoms with Gasteiger partial charge in [-0.05, 0) is 12.1 Å². The fourth-order valence-corrected chi connectivity index (χ4v) is 5.44. The molecule has 5 nitrogen and oxygen atoms in total. The third-order valence-corrected chi connectivity index (χ3v) is 6.84. The van der Waals surface area contributed by atoms with E-state index in [1.54, 1.807) is 0 Å². The molecule has 2 fully saturated rings. The fourth-order valence-electron chi connectivity index (χ4n) is 2.63. The van der Waals surface area contributed by atoms with E-state index in [2.05, 4.69) is 4.98 Å². The van der Waals surface area contributed by atoms with Crippen molar-refractivity contribution in [1.29, 1.82) is 0 Å². The van der Waals surface area contributed by atoms with Crippen molar-refractivity contribution in [3.8, 4) is 5.88 Å². The number of ether oxygens (including phenoxy) is 1. The first-order valence-corrected chi connectivity index (χ1v) is 9.03. The van der Waals surface area contributed by atoms with Crippen LogP contribution in [-0.4, -0.2) is 52.9 Å². The van der Waals surface area contributed by atoms with Gasteiger partial charge in [-0.25, -0.2) is 17.8 Å². The lowest BCUT2D eigenvalue weighted by Gasteiger charge is -2.46. The average Bonchev–Trinajstić information content (AvgIpc) is 2.83. The van der Waals surface area contributed by atoms with Gasteiger partial charge in [-0.2, -0.15) is 17.5 Å². The highest BCUT2D eigenvalue weighted by molar-refractivity contribution is 8.01. The first-order valence-electron chi connectivity index (χ1n) is 6.61. The number of thioether (sulfide) groups is 1. The molecule has 0 aliphatic carbocycles. The van der Waals surface area contributed by atoms with Crippen LogP contribution in [0.4, 0.5) is 17.6 Å². The van der Waals surface area contributed by atoms with Crippen LogP contribution in [0, 0.1) is 5.82 Å². The van der Waals surface area contributed by atoms with Crippen molar-refractivity contribution in [3.63, 3.8) is 0 Å². The van der Waals surface area contributed by atoms with Gasteiger partial charge in [0.05, 0.1) is 0 Å². The first-order chi connectivity index (χ1) is 10.6. The highest BCUT2D eigenvalue weighted by Crippen LogP contribution is 2.48.